The van der Waals surface area contributed by atoms with Crippen molar-refractivity contribution < 1.29 is 12.8 Å². The molecule has 2 nitrogen and oxygen atoms in total. The van der Waals surface area contributed by atoms with Gasteiger partial charge in [0.1, 0.15) is 4.90 Å². The van der Waals surface area contributed by atoms with Crippen LogP contribution < -0.4 is 0 Å². The number of hydrogen-bond donors (Lipinski definition) is 0. The first-order valence-electron chi connectivity index (χ1n) is 5.84. The summed E-state index contributed by atoms with van der Waals surface area (Å²) in [6.07, 6.45) is 1.45. The first-order valence-corrected chi connectivity index (χ1v) is 8.18. The van der Waals surface area contributed by atoms with E-state index in [9.17, 15) is 12.8 Å². The molecule has 0 radical (unpaired) electrons. The lowest BCUT2D eigenvalue weighted by atomic mass is 10.2. The standard InChI is InChI=1S/C15H12BrFO2S/c1-11-5-7-12(8-6-11)9-10-20(18,19)14-4-2-3-13(16)15(14)17/h2-10H,1H3/b10-9+. The van der Waals surface area contributed by atoms with E-state index in [2.05, 4.69) is 15.9 Å². The van der Waals surface area contributed by atoms with Crippen LogP contribution in [0, 0.1) is 12.7 Å². The van der Waals surface area contributed by atoms with Crippen LogP contribution in [0.5, 0.6) is 0 Å². The highest BCUT2D eigenvalue weighted by molar-refractivity contribution is 9.10. The number of rotatable bonds is 3. The van der Waals surface area contributed by atoms with Crippen molar-refractivity contribution in [1.82, 2.24) is 0 Å². The van der Waals surface area contributed by atoms with Crippen LogP contribution in [-0.4, -0.2) is 8.42 Å². The summed E-state index contributed by atoms with van der Waals surface area (Å²) in [5.41, 5.74) is 1.83. The maximum Gasteiger partial charge on any atom is 0.202 e. The molecule has 0 amide bonds. The molecule has 0 aromatic heterocycles. The molecule has 0 N–H and O–H groups in total. The third kappa shape index (κ3) is 3.35. The predicted octanol–water partition coefficient (Wildman–Crippen LogP) is 4.34. The van der Waals surface area contributed by atoms with Gasteiger partial charge in [0.05, 0.1) is 4.47 Å². The van der Waals surface area contributed by atoms with Crippen molar-refractivity contribution in [2.24, 2.45) is 0 Å². The molecular weight excluding hydrogens is 343 g/mol. The number of benzene rings is 2. The van der Waals surface area contributed by atoms with Gasteiger partial charge in [0, 0.05) is 5.41 Å². The maximum absolute atomic E-state index is 13.8. The van der Waals surface area contributed by atoms with Gasteiger partial charge in [0.15, 0.2) is 5.82 Å². The van der Waals surface area contributed by atoms with Crippen molar-refractivity contribution in [3.8, 4) is 0 Å². The lowest BCUT2D eigenvalue weighted by Crippen LogP contribution is -2.00. The van der Waals surface area contributed by atoms with Crippen molar-refractivity contribution in [3.63, 3.8) is 0 Å². The molecule has 0 saturated heterocycles. The second-order valence-electron chi connectivity index (χ2n) is 4.31. The summed E-state index contributed by atoms with van der Waals surface area (Å²) >= 11 is 2.98. The minimum atomic E-state index is -3.81. The van der Waals surface area contributed by atoms with Crippen LogP contribution in [0.25, 0.3) is 6.08 Å². The quantitative estimate of drug-likeness (QED) is 0.821. The van der Waals surface area contributed by atoms with E-state index in [1.54, 1.807) is 12.1 Å². The smallest absolute Gasteiger partial charge is 0.202 e. The van der Waals surface area contributed by atoms with Crippen LogP contribution in [0.3, 0.4) is 0 Å². The Morgan fingerprint density at radius 2 is 1.75 bits per heavy atom. The molecule has 0 atom stereocenters. The minimum absolute atomic E-state index is 0.127. The molecule has 0 aliphatic heterocycles. The van der Waals surface area contributed by atoms with Gasteiger partial charge in [-0.1, -0.05) is 35.9 Å². The number of halogens is 2. The Labute approximate surface area is 126 Å². The molecule has 2 aromatic carbocycles. The minimum Gasteiger partial charge on any atom is -0.219 e. The summed E-state index contributed by atoms with van der Waals surface area (Å²) in [5, 5.41) is 1.02. The van der Waals surface area contributed by atoms with Gasteiger partial charge in [-0.25, -0.2) is 12.8 Å². The molecule has 0 aliphatic carbocycles. The molecule has 2 aromatic rings. The van der Waals surface area contributed by atoms with Crippen LogP contribution in [0.4, 0.5) is 4.39 Å². The summed E-state index contributed by atoms with van der Waals surface area (Å²) in [6.45, 7) is 1.95. The number of sulfone groups is 1. The van der Waals surface area contributed by atoms with Crippen LogP contribution in [0.2, 0.25) is 0 Å². The lowest BCUT2D eigenvalue weighted by Gasteiger charge is -2.02. The van der Waals surface area contributed by atoms with Crippen molar-refractivity contribution >= 4 is 31.8 Å². The highest BCUT2D eigenvalue weighted by Gasteiger charge is 2.17. The third-order valence-electron chi connectivity index (χ3n) is 2.74. The predicted molar refractivity (Wildman–Crippen MR) is 81.5 cm³/mol. The molecule has 0 aliphatic rings. The monoisotopic (exact) mass is 354 g/mol. The zero-order valence-electron chi connectivity index (χ0n) is 10.7. The SMILES string of the molecule is Cc1ccc(/C=C/S(=O)(=O)c2cccc(Br)c2F)cc1. The van der Waals surface area contributed by atoms with Crippen molar-refractivity contribution in [2.75, 3.05) is 0 Å². The van der Waals surface area contributed by atoms with Crippen molar-refractivity contribution in [3.05, 3.63) is 69.3 Å². The van der Waals surface area contributed by atoms with E-state index in [4.69, 9.17) is 0 Å². The third-order valence-corrected chi connectivity index (χ3v) is 4.77. The first-order chi connectivity index (χ1) is 9.40. The molecule has 0 fully saturated rings. The van der Waals surface area contributed by atoms with Gasteiger partial charge < -0.3 is 0 Å². The van der Waals surface area contributed by atoms with E-state index in [0.717, 1.165) is 16.5 Å². The molecule has 0 unspecified atom stereocenters. The Balaban J connectivity index is 2.36. The molecule has 5 heteroatoms. The van der Waals surface area contributed by atoms with Crippen LogP contribution in [-0.2, 0) is 9.84 Å². The van der Waals surface area contributed by atoms with E-state index < -0.39 is 15.7 Å². The Hall–Kier alpha value is -1.46. The lowest BCUT2D eigenvalue weighted by molar-refractivity contribution is 0.568. The molecule has 104 valence electrons. The zero-order chi connectivity index (χ0) is 14.8. The van der Waals surface area contributed by atoms with E-state index in [1.165, 1.54) is 24.3 Å². The van der Waals surface area contributed by atoms with Gasteiger partial charge in [0.2, 0.25) is 9.84 Å². The molecule has 0 bridgehead atoms. The van der Waals surface area contributed by atoms with Gasteiger partial charge in [-0.3, -0.25) is 0 Å². The Morgan fingerprint density at radius 1 is 1.10 bits per heavy atom. The first kappa shape index (κ1) is 14.9. The average Bonchev–Trinajstić information content (AvgIpc) is 2.41. The molecule has 20 heavy (non-hydrogen) atoms. The fraction of sp³-hybridized carbons (Fsp3) is 0.0667. The summed E-state index contributed by atoms with van der Waals surface area (Å²) in [7, 11) is -3.81. The van der Waals surface area contributed by atoms with E-state index >= 15 is 0 Å². The fourth-order valence-electron chi connectivity index (χ4n) is 1.62. The summed E-state index contributed by atoms with van der Waals surface area (Å²) in [4.78, 5) is -0.338. The van der Waals surface area contributed by atoms with Gasteiger partial charge >= 0.3 is 0 Å². The normalized spacial score (nSPS) is 11.9. The summed E-state index contributed by atoms with van der Waals surface area (Å²) in [6, 6.07) is 11.6. The highest BCUT2D eigenvalue weighted by atomic mass is 79.9. The van der Waals surface area contributed by atoms with Gasteiger partial charge in [0.25, 0.3) is 0 Å². The topological polar surface area (TPSA) is 34.1 Å². The number of aryl methyl sites for hydroxylation is 1. The largest absolute Gasteiger partial charge is 0.219 e. The fourth-order valence-corrected chi connectivity index (χ4v) is 3.23. The second kappa shape index (κ2) is 5.89. The molecule has 0 spiro atoms. The van der Waals surface area contributed by atoms with Gasteiger partial charge in [-0.2, -0.15) is 0 Å². The van der Waals surface area contributed by atoms with E-state index in [1.807, 2.05) is 19.1 Å². The molecule has 0 saturated carbocycles. The Morgan fingerprint density at radius 3 is 2.40 bits per heavy atom. The van der Waals surface area contributed by atoms with Crippen molar-refractivity contribution in [2.45, 2.75) is 11.8 Å². The molecular formula is C15H12BrFO2S. The van der Waals surface area contributed by atoms with E-state index in [-0.39, 0.29) is 9.37 Å². The second-order valence-corrected chi connectivity index (χ2v) is 6.97. The zero-order valence-corrected chi connectivity index (χ0v) is 13.1. The van der Waals surface area contributed by atoms with Crippen LogP contribution in [0.1, 0.15) is 11.1 Å². The van der Waals surface area contributed by atoms with Crippen LogP contribution >= 0.6 is 15.9 Å². The molecule has 0 heterocycles. The van der Waals surface area contributed by atoms with Crippen LogP contribution in [0.15, 0.2) is 57.2 Å². The average molecular weight is 355 g/mol. The number of hydrogen-bond acceptors (Lipinski definition) is 2. The van der Waals surface area contributed by atoms with Gasteiger partial charge in [-0.15, -0.1) is 0 Å². The Bertz CT molecular complexity index is 750. The highest BCUT2D eigenvalue weighted by Crippen LogP contribution is 2.24. The molecule has 2 rings (SSSR count). The van der Waals surface area contributed by atoms with Gasteiger partial charge in [-0.05, 0) is 46.6 Å². The maximum atomic E-state index is 13.8. The summed E-state index contributed by atoms with van der Waals surface area (Å²) < 4.78 is 38.1. The summed E-state index contributed by atoms with van der Waals surface area (Å²) in [5.74, 6) is -0.777. The van der Waals surface area contributed by atoms with E-state index in [0.29, 0.717) is 0 Å². The van der Waals surface area contributed by atoms with Crippen molar-refractivity contribution in [1.29, 1.82) is 0 Å². The Kier molecular flexibility index (Phi) is 4.40.